The molecular weight excluding hydrogens is 264 g/mol. The molecule has 0 aliphatic carbocycles. The van der Waals surface area contributed by atoms with Gasteiger partial charge in [0.25, 0.3) is 0 Å². The molecule has 0 radical (unpaired) electrons. The molecule has 0 bridgehead atoms. The number of amides is 1. The molecule has 16 heavy (non-hydrogen) atoms. The number of hydrogen-bond acceptors (Lipinski definition) is 4. The number of rotatable bonds is 3. The molecule has 0 fully saturated rings. The minimum Gasteiger partial charge on any atom is -0.301 e. The number of carbonyl (C=O) groups excluding carboxylic acids is 1. The minimum atomic E-state index is -0.547. The molecule has 2 heterocycles. The van der Waals surface area contributed by atoms with Crippen LogP contribution in [0.2, 0.25) is 0 Å². The largest absolute Gasteiger partial charge is 0.301 e. The van der Waals surface area contributed by atoms with E-state index >= 15 is 0 Å². The second-order valence-electron chi connectivity index (χ2n) is 3.12. The molecule has 1 N–H and O–H groups in total. The zero-order valence-electron chi connectivity index (χ0n) is 8.44. The molecule has 2 aromatic heterocycles. The molecule has 0 saturated heterocycles. The van der Waals surface area contributed by atoms with Crippen molar-refractivity contribution in [3.63, 3.8) is 0 Å². The van der Waals surface area contributed by atoms with Crippen LogP contribution in [0.5, 0.6) is 0 Å². The molecule has 1 amide bonds. The van der Waals surface area contributed by atoms with Crippen LogP contribution in [0, 0.1) is 0 Å². The highest BCUT2D eigenvalue weighted by molar-refractivity contribution is 7.16. The van der Waals surface area contributed by atoms with Gasteiger partial charge in [-0.15, -0.1) is 34.3 Å². The van der Waals surface area contributed by atoms with Crippen LogP contribution < -0.4 is 5.32 Å². The number of thiophene rings is 1. The van der Waals surface area contributed by atoms with Gasteiger partial charge in [-0.1, -0.05) is 6.07 Å². The van der Waals surface area contributed by atoms with E-state index in [1.165, 1.54) is 11.3 Å². The summed E-state index contributed by atoms with van der Waals surface area (Å²) in [6.07, 6.45) is 0. The van der Waals surface area contributed by atoms with Crippen LogP contribution in [0.4, 0.5) is 5.13 Å². The maximum absolute atomic E-state index is 11.3. The molecule has 2 rings (SSSR count). The predicted octanol–water partition coefficient (Wildman–Crippen LogP) is 3.44. The summed E-state index contributed by atoms with van der Waals surface area (Å²) >= 11 is 8.67. The maximum Gasteiger partial charge on any atom is 0.243 e. The normalized spacial score (nSPS) is 12.4. The first-order valence-corrected chi connectivity index (χ1v) is 6.80. The van der Waals surface area contributed by atoms with E-state index in [-0.39, 0.29) is 5.91 Å². The Labute approximate surface area is 106 Å². The van der Waals surface area contributed by atoms with Crippen LogP contribution in [0.1, 0.15) is 6.92 Å². The zero-order chi connectivity index (χ0) is 11.5. The molecule has 0 saturated carbocycles. The van der Waals surface area contributed by atoms with Gasteiger partial charge < -0.3 is 5.32 Å². The van der Waals surface area contributed by atoms with Crippen molar-refractivity contribution in [2.45, 2.75) is 12.3 Å². The second-order valence-corrected chi connectivity index (χ2v) is 5.58. The molecule has 2 aromatic rings. The van der Waals surface area contributed by atoms with Gasteiger partial charge in [-0.3, -0.25) is 4.79 Å². The predicted molar refractivity (Wildman–Crippen MR) is 69.4 cm³/mol. The Balaban J connectivity index is 2.11. The summed E-state index contributed by atoms with van der Waals surface area (Å²) in [7, 11) is 0. The zero-order valence-corrected chi connectivity index (χ0v) is 10.8. The van der Waals surface area contributed by atoms with Crippen LogP contribution >= 0.6 is 34.3 Å². The fraction of sp³-hybridized carbons (Fsp3) is 0.200. The van der Waals surface area contributed by atoms with Crippen molar-refractivity contribution in [1.29, 1.82) is 0 Å². The van der Waals surface area contributed by atoms with Crippen molar-refractivity contribution >= 4 is 45.3 Å². The molecule has 1 atom stereocenters. The second kappa shape index (κ2) is 4.95. The first-order chi connectivity index (χ1) is 7.66. The Morgan fingerprint density at radius 2 is 2.38 bits per heavy atom. The average Bonchev–Trinajstić information content (AvgIpc) is 2.85. The fourth-order valence-corrected chi connectivity index (χ4v) is 2.60. The molecule has 3 nitrogen and oxygen atoms in total. The van der Waals surface area contributed by atoms with Crippen molar-refractivity contribution in [1.82, 2.24) is 4.98 Å². The number of aromatic nitrogens is 1. The van der Waals surface area contributed by atoms with Gasteiger partial charge in [0.05, 0.1) is 10.6 Å². The molecule has 0 aliphatic rings. The van der Waals surface area contributed by atoms with Crippen LogP contribution in [-0.4, -0.2) is 16.3 Å². The quantitative estimate of drug-likeness (QED) is 0.870. The number of thiazole rings is 1. The Morgan fingerprint density at radius 3 is 3.00 bits per heavy atom. The average molecular weight is 273 g/mol. The third kappa shape index (κ3) is 2.61. The lowest BCUT2D eigenvalue weighted by atomic mass is 10.4. The van der Waals surface area contributed by atoms with Crippen LogP contribution in [-0.2, 0) is 4.79 Å². The van der Waals surface area contributed by atoms with Gasteiger partial charge in [0.1, 0.15) is 5.38 Å². The van der Waals surface area contributed by atoms with Crippen molar-refractivity contribution in [3.05, 3.63) is 22.9 Å². The molecule has 0 aliphatic heterocycles. The molecular formula is C10H9ClN2OS2. The van der Waals surface area contributed by atoms with Gasteiger partial charge >= 0.3 is 0 Å². The highest BCUT2D eigenvalue weighted by atomic mass is 35.5. The van der Waals surface area contributed by atoms with E-state index in [4.69, 9.17) is 11.6 Å². The first-order valence-electron chi connectivity index (χ1n) is 4.61. The van der Waals surface area contributed by atoms with Crippen molar-refractivity contribution in [2.24, 2.45) is 0 Å². The number of carbonyl (C=O) groups is 1. The molecule has 6 heteroatoms. The van der Waals surface area contributed by atoms with Crippen LogP contribution in [0.25, 0.3) is 10.6 Å². The smallest absolute Gasteiger partial charge is 0.243 e. The van der Waals surface area contributed by atoms with Crippen LogP contribution in [0.15, 0.2) is 22.9 Å². The van der Waals surface area contributed by atoms with E-state index < -0.39 is 5.38 Å². The van der Waals surface area contributed by atoms with Gasteiger partial charge in [0.2, 0.25) is 5.91 Å². The van der Waals surface area contributed by atoms with Gasteiger partial charge in [-0.05, 0) is 18.4 Å². The van der Waals surface area contributed by atoms with E-state index in [9.17, 15) is 4.79 Å². The van der Waals surface area contributed by atoms with Crippen molar-refractivity contribution in [3.8, 4) is 10.6 Å². The van der Waals surface area contributed by atoms with E-state index in [1.54, 1.807) is 18.3 Å². The number of anilines is 1. The molecule has 0 spiro atoms. The standard InChI is InChI=1S/C10H9ClN2OS2/c1-6(11)9(14)13-10-12-7(5-16-10)8-3-2-4-15-8/h2-6H,1H3,(H,12,13,14). The summed E-state index contributed by atoms with van der Waals surface area (Å²) in [5.74, 6) is -0.228. The van der Waals surface area contributed by atoms with Crippen LogP contribution in [0.3, 0.4) is 0 Å². The number of halogens is 1. The SMILES string of the molecule is CC(Cl)C(=O)Nc1nc(-c2cccs2)cs1. The summed E-state index contributed by atoms with van der Waals surface area (Å²) in [5.41, 5.74) is 0.887. The lowest BCUT2D eigenvalue weighted by Gasteiger charge is -2.01. The summed E-state index contributed by atoms with van der Waals surface area (Å²) < 4.78 is 0. The minimum absolute atomic E-state index is 0.228. The van der Waals surface area contributed by atoms with Gasteiger partial charge in [0.15, 0.2) is 5.13 Å². The Kier molecular flexibility index (Phi) is 3.58. The number of hydrogen-bond donors (Lipinski definition) is 1. The third-order valence-corrected chi connectivity index (χ3v) is 3.72. The number of alkyl halides is 1. The summed E-state index contributed by atoms with van der Waals surface area (Å²) in [5, 5.41) is 6.61. The van der Waals surface area contributed by atoms with Crippen molar-refractivity contribution < 1.29 is 4.79 Å². The van der Waals surface area contributed by atoms with Gasteiger partial charge in [-0.2, -0.15) is 0 Å². The summed E-state index contributed by atoms with van der Waals surface area (Å²) in [6, 6.07) is 3.97. The molecule has 1 unspecified atom stereocenters. The molecule has 84 valence electrons. The number of nitrogens with zero attached hydrogens (tertiary/aromatic N) is 1. The highest BCUT2D eigenvalue weighted by Crippen LogP contribution is 2.28. The van der Waals surface area contributed by atoms with E-state index in [0.717, 1.165) is 10.6 Å². The topological polar surface area (TPSA) is 42.0 Å². The summed E-state index contributed by atoms with van der Waals surface area (Å²) in [4.78, 5) is 16.7. The Hall–Kier alpha value is -0.910. The van der Waals surface area contributed by atoms with E-state index in [0.29, 0.717) is 5.13 Å². The highest BCUT2D eigenvalue weighted by Gasteiger charge is 2.12. The summed E-state index contributed by atoms with van der Waals surface area (Å²) in [6.45, 7) is 1.63. The monoisotopic (exact) mass is 272 g/mol. The van der Waals surface area contributed by atoms with Crippen molar-refractivity contribution in [2.75, 3.05) is 5.32 Å². The Morgan fingerprint density at radius 1 is 1.56 bits per heavy atom. The third-order valence-electron chi connectivity index (χ3n) is 1.87. The van der Waals surface area contributed by atoms with Gasteiger partial charge in [0, 0.05) is 5.38 Å². The Bertz CT molecular complexity index is 479. The number of nitrogens with one attached hydrogen (secondary N) is 1. The van der Waals surface area contributed by atoms with Gasteiger partial charge in [-0.25, -0.2) is 4.98 Å². The lowest BCUT2D eigenvalue weighted by Crippen LogP contribution is -2.20. The maximum atomic E-state index is 11.3. The lowest BCUT2D eigenvalue weighted by molar-refractivity contribution is -0.115. The molecule has 0 aromatic carbocycles. The van der Waals surface area contributed by atoms with E-state index in [1.807, 2.05) is 22.9 Å². The first kappa shape index (κ1) is 11.6. The van der Waals surface area contributed by atoms with E-state index in [2.05, 4.69) is 10.3 Å². The fourth-order valence-electron chi connectivity index (χ4n) is 1.07.